The Kier molecular flexibility index (Phi) is 4.76. The zero-order valence-electron chi connectivity index (χ0n) is 12.3. The van der Waals surface area contributed by atoms with Gasteiger partial charge in [-0.1, -0.05) is 13.8 Å². The molecule has 2 N–H and O–H groups in total. The number of halogens is 2. The molecule has 1 aromatic rings. The number of hydrogen-bond donors (Lipinski definition) is 1. The standard InChI is InChI=1S/C16H24F2N2/c1-16(2)4-7-20(8-5-16)6-3-15(19)12-9-13(17)11-14(18)10-12/h9-11,15H,3-8,19H2,1-2H3. The third-order valence-corrected chi connectivity index (χ3v) is 4.28. The van der Waals surface area contributed by atoms with E-state index in [1.165, 1.54) is 25.0 Å². The summed E-state index contributed by atoms with van der Waals surface area (Å²) in [5, 5.41) is 0. The molecule has 1 saturated heterocycles. The first kappa shape index (κ1) is 15.4. The topological polar surface area (TPSA) is 29.3 Å². The van der Waals surface area contributed by atoms with Crippen molar-refractivity contribution in [3.63, 3.8) is 0 Å². The molecule has 112 valence electrons. The van der Waals surface area contributed by atoms with Crippen LogP contribution in [0, 0.1) is 17.0 Å². The number of likely N-dealkylation sites (tertiary alicyclic amines) is 1. The van der Waals surface area contributed by atoms with E-state index in [9.17, 15) is 8.78 Å². The molecular formula is C16H24F2N2. The fourth-order valence-electron chi connectivity index (χ4n) is 2.66. The molecule has 1 atom stereocenters. The van der Waals surface area contributed by atoms with Crippen LogP contribution < -0.4 is 5.73 Å². The number of rotatable bonds is 4. The highest BCUT2D eigenvalue weighted by Gasteiger charge is 2.25. The first-order valence-corrected chi connectivity index (χ1v) is 7.30. The molecule has 1 aromatic carbocycles. The van der Waals surface area contributed by atoms with Crippen molar-refractivity contribution in [2.45, 2.75) is 39.2 Å². The van der Waals surface area contributed by atoms with Crippen LogP contribution in [-0.2, 0) is 0 Å². The second-order valence-electron chi connectivity index (χ2n) is 6.60. The maximum Gasteiger partial charge on any atom is 0.126 e. The van der Waals surface area contributed by atoms with Gasteiger partial charge in [0.15, 0.2) is 0 Å². The molecule has 2 rings (SSSR count). The number of benzene rings is 1. The molecule has 20 heavy (non-hydrogen) atoms. The Labute approximate surface area is 120 Å². The Hall–Kier alpha value is -1.00. The van der Waals surface area contributed by atoms with Crippen molar-refractivity contribution in [3.8, 4) is 0 Å². The van der Waals surface area contributed by atoms with Crippen LogP contribution in [0.1, 0.15) is 44.7 Å². The lowest BCUT2D eigenvalue weighted by molar-refractivity contribution is 0.129. The van der Waals surface area contributed by atoms with Crippen molar-refractivity contribution in [1.29, 1.82) is 0 Å². The fraction of sp³-hybridized carbons (Fsp3) is 0.625. The van der Waals surface area contributed by atoms with E-state index in [0.29, 0.717) is 11.0 Å². The molecule has 1 aliphatic rings. The van der Waals surface area contributed by atoms with Crippen molar-refractivity contribution in [2.75, 3.05) is 19.6 Å². The lowest BCUT2D eigenvalue weighted by Crippen LogP contribution is -2.38. The van der Waals surface area contributed by atoms with Crippen molar-refractivity contribution in [3.05, 3.63) is 35.4 Å². The molecule has 1 fully saturated rings. The Bertz CT molecular complexity index is 430. The SMILES string of the molecule is CC1(C)CCN(CCC(N)c2cc(F)cc(F)c2)CC1. The minimum absolute atomic E-state index is 0.310. The first-order chi connectivity index (χ1) is 9.35. The molecule has 1 heterocycles. The summed E-state index contributed by atoms with van der Waals surface area (Å²) in [6, 6.07) is 3.22. The summed E-state index contributed by atoms with van der Waals surface area (Å²) >= 11 is 0. The van der Waals surface area contributed by atoms with Crippen molar-refractivity contribution >= 4 is 0 Å². The molecule has 0 aromatic heterocycles. The van der Waals surface area contributed by atoms with Gasteiger partial charge in [-0.2, -0.15) is 0 Å². The summed E-state index contributed by atoms with van der Waals surface area (Å²) in [6.07, 6.45) is 3.11. The molecule has 0 aliphatic carbocycles. The highest BCUT2D eigenvalue weighted by Crippen LogP contribution is 2.30. The van der Waals surface area contributed by atoms with E-state index in [4.69, 9.17) is 5.73 Å². The summed E-state index contributed by atoms with van der Waals surface area (Å²) in [6.45, 7) is 7.64. The third-order valence-electron chi connectivity index (χ3n) is 4.28. The molecule has 4 heteroatoms. The van der Waals surface area contributed by atoms with Gasteiger partial charge in [0.25, 0.3) is 0 Å². The van der Waals surface area contributed by atoms with Gasteiger partial charge in [0.1, 0.15) is 11.6 Å². The summed E-state index contributed by atoms with van der Waals surface area (Å²) in [4.78, 5) is 2.39. The van der Waals surface area contributed by atoms with Crippen LogP contribution in [0.15, 0.2) is 18.2 Å². The van der Waals surface area contributed by atoms with Crippen molar-refractivity contribution in [2.24, 2.45) is 11.1 Å². The van der Waals surface area contributed by atoms with E-state index in [1.54, 1.807) is 0 Å². The average molecular weight is 282 g/mol. The Morgan fingerprint density at radius 1 is 1.15 bits per heavy atom. The molecule has 0 radical (unpaired) electrons. The predicted octanol–water partition coefficient (Wildman–Crippen LogP) is 3.48. The Balaban J connectivity index is 1.85. The summed E-state index contributed by atoms with van der Waals surface area (Å²) in [5.41, 5.74) is 7.02. The molecule has 0 amide bonds. The minimum atomic E-state index is -0.560. The maximum atomic E-state index is 13.2. The number of nitrogens with two attached hydrogens (primary N) is 1. The normalized spacial score (nSPS) is 20.9. The van der Waals surface area contributed by atoms with E-state index in [1.807, 2.05) is 0 Å². The second-order valence-corrected chi connectivity index (χ2v) is 6.60. The van der Waals surface area contributed by atoms with Gasteiger partial charge in [0, 0.05) is 12.1 Å². The van der Waals surface area contributed by atoms with Gasteiger partial charge in [-0.25, -0.2) is 8.78 Å². The van der Waals surface area contributed by atoms with Gasteiger partial charge >= 0.3 is 0 Å². The first-order valence-electron chi connectivity index (χ1n) is 7.30. The van der Waals surface area contributed by atoms with Crippen LogP contribution in [0.5, 0.6) is 0 Å². The summed E-state index contributed by atoms with van der Waals surface area (Å²) in [5.74, 6) is -1.12. The second kappa shape index (κ2) is 6.19. The van der Waals surface area contributed by atoms with Gasteiger partial charge in [0.2, 0.25) is 0 Å². The van der Waals surface area contributed by atoms with Crippen molar-refractivity contribution in [1.82, 2.24) is 4.90 Å². The van der Waals surface area contributed by atoms with E-state index >= 15 is 0 Å². The molecule has 2 nitrogen and oxygen atoms in total. The molecule has 1 unspecified atom stereocenters. The molecular weight excluding hydrogens is 258 g/mol. The maximum absolute atomic E-state index is 13.2. The zero-order valence-corrected chi connectivity index (χ0v) is 12.3. The van der Waals surface area contributed by atoms with Crippen LogP contribution in [0.25, 0.3) is 0 Å². The Morgan fingerprint density at radius 2 is 1.70 bits per heavy atom. The number of hydrogen-bond acceptors (Lipinski definition) is 2. The highest BCUT2D eigenvalue weighted by molar-refractivity contribution is 5.21. The van der Waals surface area contributed by atoms with Gasteiger partial charge < -0.3 is 10.6 Å². The minimum Gasteiger partial charge on any atom is -0.324 e. The Morgan fingerprint density at radius 3 is 2.25 bits per heavy atom. The van der Waals surface area contributed by atoms with Gasteiger partial charge in [0.05, 0.1) is 0 Å². The smallest absolute Gasteiger partial charge is 0.126 e. The van der Waals surface area contributed by atoms with Crippen molar-refractivity contribution < 1.29 is 8.78 Å². The van der Waals surface area contributed by atoms with Crippen LogP contribution in [0.3, 0.4) is 0 Å². The zero-order chi connectivity index (χ0) is 14.8. The van der Waals surface area contributed by atoms with Gasteiger partial charge in [-0.3, -0.25) is 0 Å². The van der Waals surface area contributed by atoms with Gasteiger partial charge in [-0.15, -0.1) is 0 Å². The van der Waals surface area contributed by atoms with Gasteiger partial charge in [-0.05, 0) is 62.0 Å². The number of nitrogens with zero attached hydrogens (tertiary/aromatic N) is 1. The van der Waals surface area contributed by atoms with E-state index in [0.717, 1.165) is 32.1 Å². The molecule has 1 aliphatic heterocycles. The monoisotopic (exact) mass is 282 g/mol. The molecule has 0 bridgehead atoms. The highest BCUT2D eigenvalue weighted by atomic mass is 19.1. The molecule has 0 spiro atoms. The van der Waals surface area contributed by atoms with Crippen LogP contribution in [0.2, 0.25) is 0 Å². The summed E-state index contributed by atoms with van der Waals surface area (Å²) < 4.78 is 26.3. The average Bonchev–Trinajstić information content (AvgIpc) is 2.36. The summed E-state index contributed by atoms with van der Waals surface area (Å²) in [7, 11) is 0. The lowest BCUT2D eigenvalue weighted by Gasteiger charge is -2.37. The molecule has 0 saturated carbocycles. The van der Waals surface area contributed by atoms with E-state index < -0.39 is 11.6 Å². The van der Waals surface area contributed by atoms with Crippen LogP contribution in [-0.4, -0.2) is 24.5 Å². The largest absolute Gasteiger partial charge is 0.324 e. The fourth-order valence-corrected chi connectivity index (χ4v) is 2.66. The quantitative estimate of drug-likeness (QED) is 0.916. The number of piperidine rings is 1. The third kappa shape index (κ3) is 4.25. The lowest BCUT2D eigenvalue weighted by atomic mass is 9.82. The van der Waals surface area contributed by atoms with Crippen LogP contribution in [0.4, 0.5) is 8.78 Å². The van der Waals surface area contributed by atoms with Crippen LogP contribution >= 0.6 is 0 Å². The van der Waals surface area contributed by atoms with E-state index in [2.05, 4.69) is 18.7 Å². The van der Waals surface area contributed by atoms with E-state index in [-0.39, 0.29) is 6.04 Å². The predicted molar refractivity (Wildman–Crippen MR) is 77.4 cm³/mol.